The van der Waals surface area contributed by atoms with Crippen molar-refractivity contribution >= 4 is 17.0 Å². The monoisotopic (exact) mass is 233 g/mol. The van der Waals surface area contributed by atoms with Gasteiger partial charge in [0.1, 0.15) is 0 Å². The Morgan fingerprint density at radius 1 is 1.31 bits per heavy atom. The summed E-state index contributed by atoms with van der Waals surface area (Å²) in [5, 5.41) is 5.97. The number of thiophene rings is 1. The number of rotatable bonds is 1. The zero-order valence-corrected chi connectivity index (χ0v) is 10.6. The van der Waals surface area contributed by atoms with E-state index in [1.165, 1.54) is 43.4 Å². The second kappa shape index (κ2) is 4.25. The van der Waals surface area contributed by atoms with Crippen LogP contribution in [0.4, 0.5) is 0 Å². The van der Waals surface area contributed by atoms with E-state index in [1.807, 2.05) is 11.3 Å². The molecule has 0 amide bonds. The lowest BCUT2D eigenvalue weighted by Crippen LogP contribution is -2.23. The van der Waals surface area contributed by atoms with E-state index >= 15 is 0 Å². The lowest BCUT2D eigenvalue weighted by atomic mass is 9.84. The molecule has 1 aliphatic carbocycles. The number of fused-ring (bicyclic) bond motifs is 1. The van der Waals surface area contributed by atoms with Gasteiger partial charge in [-0.3, -0.25) is 0 Å². The minimum atomic E-state index is 0.612. The van der Waals surface area contributed by atoms with Gasteiger partial charge in [-0.2, -0.15) is 0 Å². The van der Waals surface area contributed by atoms with Crippen LogP contribution in [-0.4, -0.2) is 0 Å². The first-order valence-electron chi connectivity index (χ1n) is 6.41. The number of nitrogens with one attached hydrogen (secondary N) is 1. The van der Waals surface area contributed by atoms with Crippen LogP contribution in [0, 0.1) is 5.92 Å². The van der Waals surface area contributed by atoms with Crippen molar-refractivity contribution in [3.8, 4) is 0 Å². The van der Waals surface area contributed by atoms with Gasteiger partial charge in [0, 0.05) is 16.1 Å². The molecule has 1 aromatic heterocycles. The third kappa shape index (κ3) is 1.60. The highest BCUT2D eigenvalue weighted by atomic mass is 32.1. The van der Waals surface area contributed by atoms with E-state index in [2.05, 4.69) is 29.8 Å². The van der Waals surface area contributed by atoms with Crippen molar-refractivity contribution in [1.82, 2.24) is 5.32 Å². The molecular weight excluding hydrogens is 214 g/mol. The number of hydrogen-bond donors (Lipinski definition) is 1. The smallest absolute Gasteiger partial charge is 0.0641 e. The fraction of sp³-hybridized carbons (Fsp3) is 0.571. The molecule has 0 saturated heterocycles. The van der Waals surface area contributed by atoms with Crippen molar-refractivity contribution in [2.75, 3.05) is 0 Å². The molecule has 1 saturated carbocycles. The Labute approximate surface area is 102 Å². The quantitative estimate of drug-likeness (QED) is 0.761. The predicted octanol–water partition coefficient (Wildman–Crippen LogP) is 4.33. The van der Waals surface area contributed by atoms with Crippen LogP contribution in [-0.2, 0) is 0 Å². The van der Waals surface area contributed by atoms with Crippen LogP contribution < -0.4 is 5.32 Å². The van der Waals surface area contributed by atoms with E-state index in [9.17, 15) is 0 Å². The second-order valence-corrected chi connectivity index (χ2v) is 5.87. The molecule has 0 aromatic carbocycles. The van der Waals surface area contributed by atoms with Crippen molar-refractivity contribution < 1.29 is 0 Å². The fourth-order valence-electron chi connectivity index (χ4n) is 3.13. The van der Waals surface area contributed by atoms with Gasteiger partial charge in [0.2, 0.25) is 0 Å². The summed E-state index contributed by atoms with van der Waals surface area (Å²) in [7, 11) is 0. The van der Waals surface area contributed by atoms with Crippen LogP contribution in [0.25, 0.3) is 5.70 Å². The summed E-state index contributed by atoms with van der Waals surface area (Å²) in [6.07, 6.45) is 9.33. The van der Waals surface area contributed by atoms with Gasteiger partial charge in [0.15, 0.2) is 0 Å². The molecule has 2 aliphatic rings. The average Bonchev–Trinajstić information content (AvgIpc) is 2.91. The van der Waals surface area contributed by atoms with Gasteiger partial charge in [0.25, 0.3) is 0 Å². The first kappa shape index (κ1) is 10.4. The molecule has 1 aromatic rings. The van der Waals surface area contributed by atoms with Crippen LogP contribution in [0.3, 0.4) is 0 Å². The van der Waals surface area contributed by atoms with Crippen LogP contribution in [0.2, 0.25) is 0 Å². The number of allylic oxidation sites excluding steroid dienone is 1. The highest BCUT2D eigenvalue weighted by Gasteiger charge is 2.33. The van der Waals surface area contributed by atoms with Crippen molar-refractivity contribution in [2.45, 2.75) is 45.1 Å². The molecule has 2 heteroatoms. The molecule has 1 atom stereocenters. The summed E-state index contributed by atoms with van der Waals surface area (Å²) in [6, 6.07) is 2.88. The molecule has 1 aliphatic heterocycles. The minimum Gasteiger partial charge on any atom is -0.377 e. The Bertz CT molecular complexity index is 399. The number of hydrogen-bond acceptors (Lipinski definition) is 2. The molecule has 3 rings (SSSR count). The summed E-state index contributed by atoms with van der Waals surface area (Å²) >= 11 is 1.93. The summed E-state index contributed by atoms with van der Waals surface area (Å²) < 4.78 is 0. The standard InChI is InChI=1S/C14H19NS/c1-2-12-11-8-9-16-14(11)13(15-12)10-6-4-3-5-7-10/h2,8-10,13,15H,3-7H2,1H3/b12-2-/t13-/m1/s1. The topological polar surface area (TPSA) is 12.0 Å². The molecule has 1 fully saturated rings. The Hall–Kier alpha value is -0.760. The van der Waals surface area contributed by atoms with E-state index in [0.29, 0.717) is 6.04 Å². The first-order valence-corrected chi connectivity index (χ1v) is 7.28. The fourth-order valence-corrected chi connectivity index (χ4v) is 4.19. The molecule has 2 heterocycles. The summed E-state index contributed by atoms with van der Waals surface area (Å²) in [4.78, 5) is 1.58. The van der Waals surface area contributed by atoms with Gasteiger partial charge in [-0.25, -0.2) is 0 Å². The van der Waals surface area contributed by atoms with Crippen molar-refractivity contribution in [2.24, 2.45) is 5.92 Å². The zero-order valence-electron chi connectivity index (χ0n) is 9.83. The maximum absolute atomic E-state index is 3.73. The van der Waals surface area contributed by atoms with Gasteiger partial charge in [-0.15, -0.1) is 11.3 Å². The highest BCUT2D eigenvalue weighted by Crippen LogP contribution is 2.44. The Balaban J connectivity index is 1.88. The predicted molar refractivity (Wildman–Crippen MR) is 70.4 cm³/mol. The molecule has 86 valence electrons. The Morgan fingerprint density at radius 2 is 2.12 bits per heavy atom. The highest BCUT2D eigenvalue weighted by molar-refractivity contribution is 7.10. The van der Waals surface area contributed by atoms with Crippen LogP contribution >= 0.6 is 11.3 Å². The van der Waals surface area contributed by atoms with Crippen molar-refractivity contribution in [3.63, 3.8) is 0 Å². The van der Waals surface area contributed by atoms with E-state index in [-0.39, 0.29) is 0 Å². The second-order valence-electron chi connectivity index (χ2n) is 4.92. The van der Waals surface area contributed by atoms with Crippen molar-refractivity contribution in [1.29, 1.82) is 0 Å². The lowest BCUT2D eigenvalue weighted by Gasteiger charge is -2.27. The van der Waals surface area contributed by atoms with Crippen LogP contribution in [0.5, 0.6) is 0 Å². The first-order chi connectivity index (χ1) is 7.90. The maximum Gasteiger partial charge on any atom is 0.0641 e. The van der Waals surface area contributed by atoms with Gasteiger partial charge < -0.3 is 5.32 Å². The Morgan fingerprint density at radius 3 is 2.88 bits per heavy atom. The molecule has 16 heavy (non-hydrogen) atoms. The van der Waals surface area contributed by atoms with Gasteiger partial charge in [0.05, 0.1) is 6.04 Å². The normalized spacial score (nSPS) is 28.1. The maximum atomic E-state index is 3.73. The molecule has 0 bridgehead atoms. The van der Waals surface area contributed by atoms with E-state index < -0.39 is 0 Å². The molecule has 0 unspecified atom stereocenters. The lowest BCUT2D eigenvalue weighted by molar-refractivity contribution is 0.297. The van der Waals surface area contributed by atoms with E-state index in [0.717, 1.165) is 5.92 Å². The average molecular weight is 233 g/mol. The minimum absolute atomic E-state index is 0.612. The van der Waals surface area contributed by atoms with Gasteiger partial charge in [-0.05, 0) is 37.1 Å². The summed E-state index contributed by atoms with van der Waals surface area (Å²) in [6.45, 7) is 2.13. The third-order valence-corrected chi connectivity index (χ3v) is 4.99. The van der Waals surface area contributed by atoms with Crippen molar-refractivity contribution in [3.05, 3.63) is 28.0 Å². The van der Waals surface area contributed by atoms with Gasteiger partial charge >= 0.3 is 0 Å². The summed E-state index contributed by atoms with van der Waals surface area (Å²) in [5.74, 6) is 0.864. The largest absolute Gasteiger partial charge is 0.377 e. The summed E-state index contributed by atoms with van der Waals surface area (Å²) in [5.41, 5.74) is 2.81. The third-order valence-electron chi connectivity index (χ3n) is 3.99. The van der Waals surface area contributed by atoms with Crippen LogP contribution in [0.15, 0.2) is 17.5 Å². The van der Waals surface area contributed by atoms with E-state index in [4.69, 9.17) is 0 Å². The Kier molecular flexibility index (Phi) is 2.76. The van der Waals surface area contributed by atoms with Gasteiger partial charge in [-0.1, -0.05) is 25.3 Å². The van der Waals surface area contributed by atoms with Crippen LogP contribution in [0.1, 0.15) is 55.5 Å². The molecule has 1 N–H and O–H groups in total. The van der Waals surface area contributed by atoms with E-state index in [1.54, 1.807) is 4.88 Å². The molecular formula is C14H19NS. The zero-order chi connectivity index (χ0) is 11.0. The molecule has 0 radical (unpaired) electrons. The SMILES string of the molecule is C/C=C1\N[C@H](C2CCCCC2)c2sccc21. The molecule has 0 spiro atoms. The molecule has 1 nitrogen and oxygen atoms in total.